The van der Waals surface area contributed by atoms with Crippen molar-refractivity contribution in [1.82, 2.24) is 0 Å². The molecule has 0 fully saturated rings. The summed E-state index contributed by atoms with van der Waals surface area (Å²) in [4.78, 5) is 12.8. The van der Waals surface area contributed by atoms with Gasteiger partial charge in [0.05, 0.1) is 0 Å². The van der Waals surface area contributed by atoms with Gasteiger partial charge in [-0.05, 0) is 65.2 Å². The van der Waals surface area contributed by atoms with Crippen LogP contribution in [-0.4, -0.2) is 5.91 Å². The summed E-state index contributed by atoms with van der Waals surface area (Å²) in [6, 6.07) is 26.9. The Morgan fingerprint density at radius 1 is 1.03 bits per heavy atom. The van der Waals surface area contributed by atoms with Crippen LogP contribution < -0.4 is 10.1 Å². The summed E-state index contributed by atoms with van der Waals surface area (Å²) in [7, 11) is 0. The number of hydrogen-bond acceptors (Lipinski definition) is 3. The number of carbonyl (C=O) groups is 1. The van der Waals surface area contributed by atoms with E-state index in [2.05, 4.69) is 5.32 Å². The molecule has 0 spiro atoms. The molecule has 5 heteroatoms. The average Bonchev–Trinajstić information content (AvgIpc) is 2.81. The van der Waals surface area contributed by atoms with E-state index in [1.807, 2.05) is 61.5 Å². The average molecular weight is 436 g/mol. The molecule has 162 valence electrons. The molecule has 0 atom stereocenters. The Labute approximate surface area is 191 Å². The van der Waals surface area contributed by atoms with E-state index in [0.29, 0.717) is 22.6 Å². The first kappa shape index (κ1) is 21.8. The number of benzene rings is 4. The quantitative estimate of drug-likeness (QED) is 0.281. The lowest BCUT2D eigenvalue weighted by molar-refractivity contribution is -0.112. The second kappa shape index (κ2) is 9.80. The van der Waals surface area contributed by atoms with Gasteiger partial charge in [0.2, 0.25) is 0 Å². The van der Waals surface area contributed by atoms with Crippen molar-refractivity contribution in [1.29, 1.82) is 5.26 Å². The maximum absolute atomic E-state index is 13.5. The van der Waals surface area contributed by atoms with E-state index < -0.39 is 5.91 Å². The summed E-state index contributed by atoms with van der Waals surface area (Å²) >= 11 is 0. The molecule has 0 radical (unpaired) electrons. The third-order valence-electron chi connectivity index (χ3n) is 5.14. The second-order valence-electron chi connectivity index (χ2n) is 7.61. The van der Waals surface area contributed by atoms with Crippen molar-refractivity contribution in [2.45, 2.75) is 13.5 Å². The van der Waals surface area contributed by atoms with Gasteiger partial charge in [0.25, 0.3) is 5.91 Å². The van der Waals surface area contributed by atoms with Crippen LogP contribution in [0.2, 0.25) is 0 Å². The smallest absolute Gasteiger partial charge is 0.266 e. The normalized spacial score (nSPS) is 11.1. The maximum atomic E-state index is 13.5. The summed E-state index contributed by atoms with van der Waals surface area (Å²) in [5.74, 6) is -0.351. The molecule has 0 saturated carbocycles. The molecule has 0 saturated heterocycles. The minimum Gasteiger partial charge on any atom is -0.488 e. The van der Waals surface area contributed by atoms with Crippen LogP contribution >= 0.6 is 0 Å². The number of halogens is 1. The van der Waals surface area contributed by atoms with Crippen LogP contribution in [0.3, 0.4) is 0 Å². The van der Waals surface area contributed by atoms with Gasteiger partial charge >= 0.3 is 0 Å². The number of hydrogen-bond donors (Lipinski definition) is 1. The first-order chi connectivity index (χ1) is 16.0. The predicted molar refractivity (Wildman–Crippen MR) is 128 cm³/mol. The van der Waals surface area contributed by atoms with Crippen molar-refractivity contribution in [2.24, 2.45) is 0 Å². The fourth-order valence-electron chi connectivity index (χ4n) is 3.55. The molecule has 0 aliphatic carbocycles. The van der Waals surface area contributed by atoms with Crippen LogP contribution in [-0.2, 0) is 11.4 Å². The Kier molecular flexibility index (Phi) is 6.47. The van der Waals surface area contributed by atoms with Crippen LogP contribution in [0.15, 0.2) is 90.5 Å². The Morgan fingerprint density at radius 2 is 1.85 bits per heavy atom. The Hall–Kier alpha value is -4.43. The Bertz CT molecular complexity index is 1400. The van der Waals surface area contributed by atoms with Gasteiger partial charge in [-0.1, -0.05) is 54.6 Å². The van der Waals surface area contributed by atoms with Crippen molar-refractivity contribution in [3.63, 3.8) is 0 Å². The van der Waals surface area contributed by atoms with Crippen LogP contribution in [0.25, 0.3) is 16.8 Å². The number of fused-ring (bicyclic) bond motifs is 1. The molecule has 0 aliphatic rings. The first-order valence-corrected chi connectivity index (χ1v) is 10.4. The van der Waals surface area contributed by atoms with Gasteiger partial charge in [0, 0.05) is 11.3 Å². The van der Waals surface area contributed by atoms with Crippen molar-refractivity contribution in [3.05, 3.63) is 113 Å². The van der Waals surface area contributed by atoms with Gasteiger partial charge in [-0.2, -0.15) is 5.26 Å². The lowest BCUT2D eigenvalue weighted by Gasteiger charge is -2.13. The fourth-order valence-corrected chi connectivity index (χ4v) is 3.55. The van der Waals surface area contributed by atoms with E-state index >= 15 is 0 Å². The zero-order valence-corrected chi connectivity index (χ0v) is 18.0. The van der Waals surface area contributed by atoms with Crippen LogP contribution in [0.1, 0.15) is 16.7 Å². The van der Waals surface area contributed by atoms with Gasteiger partial charge in [0.15, 0.2) is 0 Å². The lowest BCUT2D eigenvalue weighted by atomic mass is 10.0. The Morgan fingerprint density at radius 3 is 2.64 bits per heavy atom. The minimum atomic E-state index is -0.507. The third-order valence-corrected chi connectivity index (χ3v) is 5.14. The number of nitriles is 1. The molecule has 0 bridgehead atoms. The molecular weight excluding hydrogens is 415 g/mol. The number of nitrogens with one attached hydrogen (secondary N) is 1. The van der Waals surface area contributed by atoms with Gasteiger partial charge in [-0.25, -0.2) is 4.39 Å². The maximum Gasteiger partial charge on any atom is 0.266 e. The Balaban J connectivity index is 1.70. The van der Waals surface area contributed by atoms with E-state index in [0.717, 1.165) is 16.3 Å². The van der Waals surface area contributed by atoms with Gasteiger partial charge in [0.1, 0.15) is 29.8 Å². The molecule has 1 N–H and O–H groups in total. The topological polar surface area (TPSA) is 62.1 Å². The van der Waals surface area contributed by atoms with E-state index in [4.69, 9.17) is 4.74 Å². The van der Waals surface area contributed by atoms with Crippen LogP contribution in [0.5, 0.6) is 5.75 Å². The number of aryl methyl sites for hydroxylation is 1. The summed E-state index contributed by atoms with van der Waals surface area (Å²) in [5, 5.41) is 14.3. The van der Waals surface area contributed by atoms with Crippen molar-refractivity contribution in [2.75, 3.05) is 5.32 Å². The summed E-state index contributed by atoms with van der Waals surface area (Å²) in [5.41, 5.74) is 2.85. The summed E-state index contributed by atoms with van der Waals surface area (Å²) < 4.78 is 19.5. The highest BCUT2D eigenvalue weighted by atomic mass is 19.1. The SMILES string of the molecule is Cc1cccc(NC(=O)/C(C#N)=C/c2c(OCc3cccc(F)c3)ccc3ccccc23)c1. The largest absolute Gasteiger partial charge is 0.488 e. The molecule has 4 aromatic carbocycles. The van der Waals surface area contributed by atoms with Crippen LogP contribution in [0.4, 0.5) is 10.1 Å². The molecule has 4 aromatic rings. The highest BCUT2D eigenvalue weighted by molar-refractivity contribution is 6.11. The van der Waals surface area contributed by atoms with Gasteiger partial charge < -0.3 is 10.1 Å². The van der Waals surface area contributed by atoms with E-state index in [1.165, 1.54) is 18.2 Å². The van der Waals surface area contributed by atoms with E-state index in [-0.39, 0.29) is 18.0 Å². The molecule has 4 nitrogen and oxygen atoms in total. The highest BCUT2D eigenvalue weighted by Crippen LogP contribution is 2.31. The van der Waals surface area contributed by atoms with Crippen molar-refractivity contribution < 1.29 is 13.9 Å². The molecule has 0 aromatic heterocycles. The van der Waals surface area contributed by atoms with E-state index in [1.54, 1.807) is 24.3 Å². The summed E-state index contributed by atoms with van der Waals surface area (Å²) in [6.45, 7) is 2.07. The number of amides is 1. The molecule has 1 amide bonds. The standard InChI is InChI=1S/C28H21FN2O2/c1-19-6-4-10-24(14-19)31-28(32)22(17-30)16-26-25-11-3-2-8-21(25)12-13-27(26)33-18-20-7-5-9-23(29)15-20/h2-16H,18H2,1H3,(H,31,32)/b22-16+. The number of ether oxygens (including phenoxy) is 1. The molecular formula is C28H21FN2O2. The number of nitrogens with zero attached hydrogens (tertiary/aromatic N) is 1. The predicted octanol–water partition coefficient (Wildman–Crippen LogP) is 6.41. The second-order valence-corrected chi connectivity index (χ2v) is 7.61. The summed E-state index contributed by atoms with van der Waals surface area (Å²) in [6.07, 6.45) is 1.54. The van der Waals surface area contributed by atoms with Crippen molar-refractivity contribution >= 4 is 28.4 Å². The highest BCUT2D eigenvalue weighted by Gasteiger charge is 2.14. The van der Waals surface area contributed by atoms with Gasteiger partial charge in [-0.15, -0.1) is 0 Å². The minimum absolute atomic E-state index is 0.0523. The zero-order chi connectivity index (χ0) is 23.2. The fraction of sp³-hybridized carbons (Fsp3) is 0.0714. The zero-order valence-electron chi connectivity index (χ0n) is 18.0. The number of anilines is 1. The van der Waals surface area contributed by atoms with Crippen molar-refractivity contribution in [3.8, 4) is 11.8 Å². The molecule has 0 heterocycles. The molecule has 0 aliphatic heterocycles. The monoisotopic (exact) mass is 436 g/mol. The number of rotatable bonds is 6. The molecule has 33 heavy (non-hydrogen) atoms. The number of carbonyl (C=O) groups excluding carboxylic acids is 1. The van der Waals surface area contributed by atoms with Gasteiger partial charge in [-0.3, -0.25) is 4.79 Å². The van der Waals surface area contributed by atoms with E-state index in [9.17, 15) is 14.4 Å². The van der Waals surface area contributed by atoms with Crippen LogP contribution in [0, 0.1) is 24.1 Å². The lowest BCUT2D eigenvalue weighted by Crippen LogP contribution is -2.13. The first-order valence-electron chi connectivity index (χ1n) is 10.4. The molecule has 0 unspecified atom stereocenters. The molecule has 4 rings (SSSR count). The third kappa shape index (κ3) is 5.25.